The van der Waals surface area contributed by atoms with Crippen molar-refractivity contribution >= 4 is 11.9 Å². The highest BCUT2D eigenvalue weighted by atomic mass is 16.6. The molecule has 13 heavy (non-hydrogen) atoms. The Morgan fingerprint density at radius 1 is 0.923 bits per heavy atom. The number of rotatable bonds is 2. The molecule has 3 nitrogen and oxygen atoms in total. The molecule has 0 bridgehead atoms. The number of hydrogen-bond donors (Lipinski definition) is 0. The van der Waals surface area contributed by atoms with Crippen molar-refractivity contribution in [3.63, 3.8) is 0 Å². The summed E-state index contributed by atoms with van der Waals surface area (Å²) in [6.07, 6.45) is 3.20. The van der Waals surface area contributed by atoms with Gasteiger partial charge < -0.3 is 4.74 Å². The van der Waals surface area contributed by atoms with Gasteiger partial charge in [-0.1, -0.05) is 12.2 Å². The van der Waals surface area contributed by atoms with Crippen LogP contribution in [-0.4, -0.2) is 11.9 Å². The maximum atomic E-state index is 11.1. The molecule has 0 aromatic rings. The molecule has 0 saturated carbocycles. The van der Waals surface area contributed by atoms with E-state index >= 15 is 0 Å². The SMILES string of the molecule is C/C=C(/C)C(=O)OC(=O)/C(C)=C\C. The zero-order chi connectivity index (χ0) is 10.4. The number of carbonyl (C=O) groups is 2. The maximum absolute atomic E-state index is 11.1. The zero-order valence-electron chi connectivity index (χ0n) is 8.38. The van der Waals surface area contributed by atoms with E-state index in [2.05, 4.69) is 4.74 Å². The van der Waals surface area contributed by atoms with Crippen molar-refractivity contribution < 1.29 is 14.3 Å². The summed E-state index contributed by atoms with van der Waals surface area (Å²) in [6, 6.07) is 0. The highest BCUT2D eigenvalue weighted by Gasteiger charge is 2.12. The van der Waals surface area contributed by atoms with Crippen molar-refractivity contribution in [3.05, 3.63) is 23.3 Å². The van der Waals surface area contributed by atoms with Crippen molar-refractivity contribution in [2.45, 2.75) is 27.7 Å². The van der Waals surface area contributed by atoms with Gasteiger partial charge in [0.15, 0.2) is 0 Å². The minimum atomic E-state index is -0.589. The molecule has 0 fully saturated rings. The van der Waals surface area contributed by atoms with E-state index < -0.39 is 11.9 Å². The molecule has 0 N–H and O–H groups in total. The van der Waals surface area contributed by atoms with E-state index in [0.29, 0.717) is 11.1 Å². The van der Waals surface area contributed by atoms with Crippen LogP contribution in [0.5, 0.6) is 0 Å². The van der Waals surface area contributed by atoms with Gasteiger partial charge in [0.1, 0.15) is 0 Å². The van der Waals surface area contributed by atoms with Crippen LogP contribution in [-0.2, 0) is 14.3 Å². The molecule has 0 aliphatic rings. The monoisotopic (exact) mass is 182 g/mol. The normalized spacial score (nSPS) is 12.6. The van der Waals surface area contributed by atoms with Gasteiger partial charge in [-0.2, -0.15) is 0 Å². The lowest BCUT2D eigenvalue weighted by atomic mass is 10.3. The lowest BCUT2D eigenvalue weighted by Crippen LogP contribution is -2.13. The molecule has 0 atom stereocenters. The minimum Gasteiger partial charge on any atom is -0.386 e. The first-order valence-corrected chi connectivity index (χ1v) is 4.05. The van der Waals surface area contributed by atoms with E-state index in [9.17, 15) is 9.59 Å². The van der Waals surface area contributed by atoms with Crippen molar-refractivity contribution in [2.75, 3.05) is 0 Å². The van der Waals surface area contributed by atoms with Gasteiger partial charge in [-0.3, -0.25) is 0 Å². The first-order valence-electron chi connectivity index (χ1n) is 4.05. The van der Waals surface area contributed by atoms with Gasteiger partial charge in [0.2, 0.25) is 0 Å². The molecule has 0 rings (SSSR count). The van der Waals surface area contributed by atoms with Crippen molar-refractivity contribution in [3.8, 4) is 0 Å². The molecule has 0 aromatic carbocycles. The van der Waals surface area contributed by atoms with Gasteiger partial charge in [-0.05, 0) is 27.7 Å². The first kappa shape index (κ1) is 11.6. The van der Waals surface area contributed by atoms with Gasteiger partial charge in [-0.25, -0.2) is 9.59 Å². The number of hydrogen-bond acceptors (Lipinski definition) is 3. The lowest BCUT2D eigenvalue weighted by molar-refractivity contribution is -0.153. The van der Waals surface area contributed by atoms with E-state index in [1.54, 1.807) is 39.8 Å². The second-order valence-electron chi connectivity index (χ2n) is 2.62. The third-order valence-corrected chi connectivity index (χ3v) is 1.70. The topological polar surface area (TPSA) is 43.4 Å². The maximum Gasteiger partial charge on any atom is 0.341 e. The number of carbonyl (C=O) groups excluding carboxylic acids is 2. The van der Waals surface area contributed by atoms with Crippen LogP contribution in [0.15, 0.2) is 23.3 Å². The fourth-order valence-electron chi connectivity index (χ4n) is 0.481. The van der Waals surface area contributed by atoms with E-state index in [0.717, 1.165) is 0 Å². The van der Waals surface area contributed by atoms with Crippen LogP contribution in [0.2, 0.25) is 0 Å². The Labute approximate surface area is 78.1 Å². The Morgan fingerprint density at radius 2 is 1.23 bits per heavy atom. The van der Waals surface area contributed by atoms with Crippen molar-refractivity contribution in [2.24, 2.45) is 0 Å². The fraction of sp³-hybridized carbons (Fsp3) is 0.400. The summed E-state index contributed by atoms with van der Waals surface area (Å²) in [5.74, 6) is -1.18. The van der Waals surface area contributed by atoms with Crippen LogP contribution in [0.4, 0.5) is 0 Å². The van der Waals surface area contributed by atoms with Gasteiger partial charge in [0.05, 0.1) is 0 Å². The van der Waals surface area contributed by atoms with E-state index in [1.165, 1.54) is 0 Å². The summed E-state index contributed by atoms with van der Waals surface area (Å²) in [7, 11) is 0. The minimum absolute atomic E-state index is 0.428. The summed E-state index contributed by atoms with van der Waals surface area (Å²) in [6.45, 7) is 6.62. The second-order valence-corrected chi connectivity index (χ2v) is 2.62. The molecule has 0 saturated heterocycles. The molecule has 72 valence electrons. The Hall–Kier alpha value is -1.38. The molecule has 0 aromatic heterocycles. The Kier molecular flexibility index (Phi) is 4.74. The Bertz CT molecular complexity index is 244. The lowest BCUT2D eigenvalue weighted by Gasteiger charge is -2.01. The Balaban J connectivity index is 4.32. The predicted molar refractivity (Wildman–Crippen MR) is 50.0 cm³/mol. The van der Waals surface area contributed by atoms with Gasteiger partial charge in [0, 0.05) is 11.1 Å². The Morgan fingerprint density at radius 3 is 1.46 bits per heavy atom. The summed E-state index contributed by atoms with van der Waals surface area (Å²) >= 11 is 0. The van der Waals surface area contributed by atoms with E-state index in [-0.39, 0.29) is 0 Å². The summed E-state index contributed by atoms with van der Waals surface area (Å²) in [5.41, 5.74) is 0.856. The summed E-state index contributed by atoms with van der Waals surface area (Å²) in [5, 5.41) is 0. The number of allylic oxidation sites excluding steroid dienone is 2. The highest BCUT2D eigenvalue weighted by molar-refractivity contribution is 6.01. The molecule has 0 amide bonds. The largest absolute Gasteiger partial charge is 0.386 e. The third-order valence-electron chi connectivity index (χ3n) is 1.70. The van der Waals surface area contributed by atoms with Crippen molar-refractivity contribution in [1.82, 2.24) is 0 Å². The average Bonchev–Trinajstić information content (AvgIpc) is 2.14. The van der Waals surface area contributed by atoms with Crippen LogP contribution in [0.1, 0.15) is 27.7 Å². The molecule has 0 aliphatic carbocycles. The summed E-state index contributed by atoms with van der Waals surface area (Å²) < 4.78 is 4.54. The molecule has 0 heterocycles. The molecular weight excluding hydrogens is 168 g/mol. The van der Waals surface area contributed by atoms with Gasteiger partial charge in [-0.15, -0.1) is 0 Å². The molecule has 0 unspecified atom stereocenters. The second kappa shape index (κ2) is 5.30. The summed E-state index contributed by atoms with van der Waals surface area (Å²) in [4.78, 5) is 22.1. The number of esters is 2. The smallest absolute Gasteiger partial charge is 0.341 e. The van der Waals surface area contributed by atoms with Gasteiger partial charge >= 0.3 is 11.9 Å². The van der Waals surface area contributed by atoms with Gasteiger partial charge in [0.25, 0.3) is 0 Å². The third kappa shape index (κ3) is 3.69. The fourth-order valence-corrected chi connectivity index (χ4v) is 0.481. The molecule has 3 heteroatoms. The van der Waals surface area contributed by atoms with Crippen LogP contribution in [0.25, 0.3) is 0 Å². The van der Waals surface area contributed by atoms with Crippen LogP contribution < -0.4 is 0 Å². The molecular formula is C10H14O3. The van der Waals surface area contributed by atoms with Crippen molar-refractivity contribution in [1.29, 1.82) is 0 Å². The number of ether oxygens (including phenoxy) is 1. The standard InChI is InChI=1S/C10H14O3/c1-5-7(3)9(11)13-10(12)8(4)6-2/h5-6H,1-4H3/b7-5-,8-6-. The van der Waals surface area contributed by atoms with Crippen LogP contribution >= 0.6 is 0 Å². The predicted octanol–water partition coefficient (Wildman–Crippen LogP) is 1.99. The molecule has 0 spiro atoms. The molecule has 0 radical (unpaired) electrons. The quantitative estimate of drug-likeness (QED) is 0.372. The van der Waals surface area contributed by atoms with Crippen LogP contribution in [0.3, 0.4) is 0 Å². The zero-order valence-corrected chi connectivity index (χ0v) is 8.38. The van der Waals surface area contributed by atoms with Crippen LogP contribution in [0, 0.1) is 0 Å². The van der Waals surface area contributed by atoms with E-state index in [1.807, 2.05) is 0 Å². The van der Waals surface area contributed by atoms with E-state index in [4.69, 9.17) is 0 Å². The first-order chi connectivity index (χ1) is 6.02. The molecule has 0 aliphatic heterocycles. The average molecular weight is 182 g/mol. The highest BCUT2D eigenvalue weighted by Crippen LogP contribution is 2.01.